The molecule has 0 aromatic heterocycles. The lowest BCUT2D eigenvalue weighted by Gasteiger charge is -2.10. The third-order valence-corrected chi connectivity index (χ3v) is 2.47. The van der Waals surface area contributed by atoms with Crippen molar-refractivity contribution in [2.45, 2.75) is 12.5 Å². The molecule has 0 amide bonds. The van der Waals surface area contributed by atoms with Crippen LogP contribution in [0.25, 0.3) is 0 Å². The normalized spacial score (nSPS) is 12.9. The molecular weight excluding hydrogens is 255 g/mol. The van der Waals surface area contributed by atoms with Gasteiger partial charge in [-0.05, 0) is 30.4 Å². The fraction of sp³-hybridized carbons (Fsp3) is 0.333. The molecule has 1 rings (SSSR count). The van der Waals surface area contributed by atoms with Crippen molar-refractivity contribution in [2.24, 2.45) is 0 Å². The van der Waals surface area contributed by atoms with Crippen LogP contribution in [0.3, 0.4) is 0 Å². The SMILES string of the molecule is OC(CCS)c1cc(Br)ccc1F. The van der Waals surface area contributed by atoms with Gasteiger partial charge in [0.1, 0.15) is 5.82 Å². The first kappa shape index (κ1) is 11.0. The Morgan fingerprint density at radius 1 is 1.54 bits per heavy atom. The number of hydrogen-bond acceptors (Lipinski definition) is 2. The molecule has 1 nitrogen and oxygen atoms in total. The molecule has 1 N–H and O–H groups in total. The Morgan fingerprint density at radius 2 is 2.23 bits per heavy atom. The van der Waals surface area contributed by atoms with Crippen molar-refractivity contribution in [3.05, 3.63) is 34.1 Å². The predicted octanol–water partition coefficient (Wildman–Crippen LogP) is 2.94. The average Bonchev–Trinajstić information content (AvgIpc) is 2.09. The van der Waals surface area contributed by atoms with E-state index < -0.39 is 6.10 Å². The van der Waals surface area contributed by atoms with Crippen LogP contribution in [0.4, 0.5) is 4.39 Å². The Balaban J connectivity index is 2.91. The van der Waals surface area contributed by atoms with Crippen molar-refractivity contribution in [3.63, 3.8) is 0 Å². The Morgan fingerprint density at radius 3 is 2.85 bits per heavy atom. The maximum atomic E-state index is 13.1. The highest BCUT2D eigenvalue weighted by atomic mass is 79.9. The summed E-state index contributed by atoms with van der Waals surface area (Å²) in [7, 11) is 0. The summed E-state index contributed by atoms with van der Waals surface area (Å²) in [6.07, 6.45) is -0.314. The topological polar surface area (TPSA) is 20.2 Å². The van der Waals surface area contributed by atoms with Crippen molar-refractivity contribution in [2.75, 3.05) is 5.75 Å². The minimum Gasteiger partial charge on any atom is -0.388 e. The summed E-state index contributed by atoms with van der Waals surface area (Å²) in [6.45, 7) is 0. The molecule has 0 spiro atoms. The Kier molecular flexibility index (Phi) is 4.22. The van der Waals surface area contributed by atoms with Crippen molar-refractivity contribution in [1.82, 2.24) is 0 Å². The van der Waals surface area contributed by atoms with Gasteiger partial charge in [-0.15, -0.1) is 0 Å². The molecule has 1 atom stereocenters. The van der Waals surface area contributed by atoms with Crippen LogP contribution in [0, 0.1) is 5.82 Å². The number of aliphatic hydroxyl groups excluding tert-OH is 1. The summed E-state index contributed by atoms with van der Waals surface area (Å²) in [4.78, 5) is 0. The van der Waals surface area contributed by atoms with E-state index in [2.05, 4.69) is 28.6 Å². The molecule has 1 unspecified atom stereocenters. The van der Waals surface area contributed by atoms with E-state index in [0.717, 1.165) is 4.47 Å². The predicted molar refractivity (Wildman–Crippen MR) is 57.5 cm³/mol. The second kappa shape index (κ2) is 4.98. The van der Waals surface area contributed by atoms with Gasteiger partial charge in [0.2, 0.25) is 0 Å². The van der Waals surface area contributed by atoms with E-state index in [9.17, 15) is 9.50 Å². The van der Waals surface area contributed by atoms with Crippen molar-refractivity contribution >= 4 is 28.6 Å². The van der Waals surface area contributed by atoms with Gasteiger partial charge >= 0.3 is 0 Å². The first-order valence-electron chi connectivity index (χ1n) is 3.89. The minimum absolute atomic E-state index is 0.323. The highest BCUT2D eigenvalue weighted by Gasteiger charge is 2.11. The number of halogens is 2. The Bertz CT molecular complexity index is 293. The molecule has 0 radical (unpaired) electrons. The largest absolute Gasteiger partial charge is 0.388 e. The molecule has 0 fully saturated rings. The highest BCUT2D eigenvalue weighted by Crippen LogP contribution is 2.23. The number of hydrogen-bond donors (Lipinski definition) is 2. The standard InChI is InChI=1S/C9H10BrFOS/c10-6-1-2-8(11)7(5-6)9(12)3-4-13/h1-2,5,9,12-13H,3-4H2. The minimum atomic E-state index is -0.769. The lowest BCUT2D eigenvalue weighted by Crippen LogP contribution is -2.01. The monoisotopic (exact) mass is 264 g/mol. The molecular formula is C9H10BrFOS. The van der Waals surface area contributed by atoms with Gasteiger partial charge in [0, 0.05) is 10.0 Å². The van der Waals surface area contributed by atoms with Crippen LogP contribution in [0.2, 0.25) is 0 Å². The Hall–Kier alpha value is -0.0600. The van der Waals surface area contributed by atoms with Gasteiger partial charge in [-0.2, -0.15) is 12.6 Å². The maximum absolute atomic E-state index is 13.1. The number of benzene rings is 1. The van der Waals surface area contributed by atoms with Gasteiger partial charge in [0.15, 0.2) is 0 Å². The molecule has 4 heteroatoms. The van der Waals surface area contributed by atoms with Crippen molar-refractivity contribution in [1.29, 1.82) is 0 Å². The molecule has 72 valence electrons. The van der Waals surface area contributed by atoms with E-state index in [-0.39, 0.29) is 5.82 Å². The number of aliphatic hydroxyl groups is 1. The van der Waals surface area contributed by atoms with E-state index in [0.29, 0.717) is 17.7 Å². The van der Waals surface area contributed by atoms with E-state index in [1.54, 1.807) is 12.1 Å². The molecule has 13 heavy (non-hydrogen) atoms. The lowest BCUT2D eigenvalue weighted by atomic mass is 10.1. The third-order valence-electron chi connectivity index (χ3n) is 1.72. The second-order valence-electron chi connectivity index (χ2n) is 2.69. The summed E-state index contributed by atoms with van der Waals surface area (Å²) < 4.78 is 13.9. The molecule has 0 saturated carbocycles. The quantitative estimate of drug-likeness (QED) is 0.805. The molecule has 0 saturated heterocycles. The zero-order valence-corrected chi connectivity index (χ0v) is 9.35. The second-order valence-corrected chi connectivity index (χ2v) is 4.06. The van der Waals surface area contributed by atoms with Gasteiger partial charge in [-0.1, -0.05) is 15.9 Å². The van der Waals surface area contributed by atoms with Gasteiger partial charge in [0.05, 0.1) is 6.10 Å². The summed E-state index contributed by atoms with van der Waals surface area (Å²) in [6, 6.07) is 4.52. The zero-order chi connectivity index (χ0) is 9.84. The van der Waals surface area contributed by atoms with Crippen LogP contribution in [0.1, 0.15) is 18.1 Å². The molecule has 0 bridgehead atoms. The van der Waals surface area contributed by atoms with Crippen molar-refractivity contribution in [3.8, 4) is 0 Å². The van der Waals surface area contributed by atoms with Crippen LogP contribution in [0.5, 0.6) is 0 Å². The summed E-state index contributed by atoms with van der Waals surface area (Å²) in [5, 5.41) is 9.52. The van der Waals surface area contributed by atoms with Crippen molar-refractivity contribution < 1.29 is 9.50 Å². The maximum Gasteiger partial charge on any atom is 0.129 e. The van der Waals surface area contributed by atoms with E-state index in [1.807, 2.05) is 0 Å². The molecule has 0 aliphatic carbocycles. The van der Waals surface area contributed by atoms with E-state index in [1.165, 1.54) is 6.07 Å². The molecule has 0 heterocycles. The molecule has 0 aliphatic rings. The first-order chi connectivity index (χ1) is 6.15. The fourth-order valence-electron chi connectivity index (χ4n) is 1.05. The smallest absolute Gasteiger partial charge is 0.129 e. The van der Waals surface area contributed by atoms with Gasteiger partial charge in [-0.25, -0.2) is 4.39 Å². The summed E-state index contributed by atoms with van der Waals surface area (Å²) in [5.74, 6) is 0.158. The molecule has 0 aliphatic heterocycles. The van der Waals surface area contributed by atoms with Gasteiger partial charge < -0.3 is 5.11 Å². The van der Waals surface area contributed by atoms with Crippen LogP contribution < -0.4 is 0 Å². The molecule has 1 aromatic carbocycles. The van der Waals surface area contributed by atoms with E-state index in [4.69, 9.17) is 0 Å². The lowest BCUT2D eigenvalue weighted by molar-refractivity contribution is 0.170. The fourth-order valence-corrected chi connectivity index (χ4v) is 1.67. The van der Waals surface area contributed by atoms with Crippen LogP contribution >= 0.6 is 28.6 Å². The van der Waals surface area contributed by atoms with Crippen LogP contribution in [0.15, 0.2) is 22.7 Å². The van der Waals surface area contributed by atoms with E-state index >= 15 is 0 Å². The highest BCUT2D eigenvalue weighted by molar-refractivity contribution is 9.10. The van der Waals surface area contributed by atoms with Gasteiger partial charge in [0.25, 0.3) is 0 Å². The third kappa shape index (κ3) is 2.97. The number of rotatable bonds is 3. The van der Waals surface area contributed by atoms with Crippen LogP contribution in [-0.2, 0) is 0 Å². The van der Waals surface area contributed by atoms with Crippen LogP contribution in [-0.4, -0.2) is 10.9 Å². The summed E-state index contributed by atoms with van der Waals surface area (Å²) in [5.41, 5.74) is 0.323. The summed E-state index contributed by atoms with van der Waals surface area (Å²) >= 11 is 7.19. The first-order valence-corrected chi connectivity index (χ1v) is 5.31. The number of thiol groups is 1. The zero-order valence-electron chi connectivity index (χ0n) is 6.87. The Labute approximate surface area is 90.5 Å². The average molecular weight is 265 g/mol. The van der Waals surface area contributed by atoms with Gasteiger partial charge in [-0.3, -0.25) is 0 Å². The molecule has 1 aromatic rings.